The summed E-state index contributed by atoms with van der Waals surface area (Å²) in [5.41, 5.74) is 12.0. The standard InChI is InChI=1S/C13H20N2O2/c14-9-5-4-8-12(15)13(16)17-10-11-6-2-1-3-7-11/h1-3,6-7,12H,4-5,8-10,14-15H2/t12-/m0/s1. The Kier molecular flexibility index (Phi) is 6.29. The van der Waals surface area contributed by atoms with Gasteiger partial charge in [-0.05, 0) is 24.9 Å². The maximum atomic E-state index is 11.5. The van der Waals surface area contributed by atoms with Gasteiger partial charge in [0.05, 0.1) is 0 Å². The third kappa shape index (κ3) is 5.47. The van der Waals surface area contributed by atoms with Crippen molar-refractivity contribution in [1.29, 1.82) is 0 Å². The number of esters is 1. The summed E-state index contributed by atoms with van der Waals surface area (Å²) in [5, 5.41) is 0. The van der Waals surface area contributed by atoms with Crippen molar-refractivity contribution in [2.75, 3.05) is 6.54 Å². The highest BCUT2D eigenvalue weighted by molar-refractivity contribution is 5.75. The molecular formula is C13H20N2O2. The van der Waals surface area contributed by atoms with Crippen molar-refractivity contribution in [1.82, 2.24) is 0 Å². The van der Waals surface area contributed by atoms with Gasteiger partial charge in [-0.3, -0.25) is 4.79 Å². The smallest absolute Gasteiger partial charge is 0.323 e. The Hall–Kier alpha value is -1.39. The number of carbonyl (C=O) groups is 1. The lowest BCUT2D eigenvalue weighted by atomic mass is 10.1. The molecule has 0 heterocycles. The molecule has 4 nitrogen and oxygen atoms in total. The van der Waals surface area contributed by atoms with E-state index in [1.165, 1.54) is 0 Å². The lowest BCUT2D eigenvalue weighted by Gasteiger charge is -2.11. The Morgan fingerprint density at radius 1 is 1.24 bits per heavy atom. The molecule has 1 rings (SSSR count). The summed E-state index contributed by atoms with van der Waals surface area (Å²) >= 11 is 0. The summed E-state index contributed by atoms with van der Waals surface area (Å²) in [6.45, 7) is 0.913. The first-order valence-corrected chi connectivity index (χ1v) is 5.90. The molecule has 1 aromatic carbocycles. The molecule has 0 aromatic heterocycles. The van der Waals surface area contributed by atoms with Gasteiger partial charge in [0.1, 0.15) is 12.6 Å². The molecule has 0 unspecified atom stereocenters. The maximum Gasteiger partial charge on any atom is 0.323 e. The predicted octanol–water partition coefficient (Wildman–Crippen LogP) is 1.19. The summed E-state index contributed by atoms with van der Waals surface area (Å²) in [6.07, 6.45) is 2.38. The van der Waals surface area contributed by atoms with Crippen LogP contribution in [0.15, 0.2) is 30.3 Å². The molecule has 0 saturated heterocycles. The van der Waals surface area contributed by atoms with Crippen LogP contribution in [-0.2, 0) is 16.1 Å². The molecule has 1 atom stereocenters. The van der Waals surface area contributed by atoms with Gasteiger partial charge < -0.3 is 16.2 Å². The van der Waals surface area contributed by atoms with Crippen molar-refractivity contribution in [3.63, 3.8) is 0 Å². The zero-order chi connectivity index (χ0) is 12.5. The second-order valence-electron chi connectivity index (χ2n) is 3.98. The number of unbranched alkanes of at least 4 members (excludes halogenated alkanes) is 1. The van der Waals surface area contributed by atoms with E-state index in [1.54, 1.807) is 0 Å². The lowest BCUT2D eigenvalue weighted by Crippen LogP contribution is -2.32. The molecular weight excluding hydrogens is 216 g/mol. The van der Waals surface area contributed by atoms with E-state index in [2.05, 4.69) is 0 Å². The van der Waals surface area contributed by atoms with Crippen LogP contribution in [0.25, 0.3) is 0 Å². The predicted molar refractivity (Wildman–Crippen MR) is 67.1 cm³/mol. The number of hydrogen-bond acceptors (Lipinski definition) is 4. The first-order chi connectivity index (χ1) is 8.24. The van der Waals surface area contributed by atoms with Gasteiger partial charge in [-0.1, -0.05) is 36.8 Å². The molecule has 0 bridgehead atoms. The Labute approximate surface area is 102 Å². The minimum absolute atomic E-state index is 0.282. The number of carbonyl (C=O) groups excluding carboxylic acids is 1. The van der Waals surface area contributed by atoms with Crippen molar-refractivity contribution in [2.24, 2.45) is 11.5 Å². The van der Waals surface area contributed by atoms with Crippen molar-refractivity contribution in [2.45, 2.75) is 31.9 Å². The average molecular weight is 236 g/mol. The highest BCUT2D eigenvalue weighted by Crippen LogP contribution is 2.04. The number of rotatable bonds is 7. The van der Waals surface area contributed by atoms with E-state index in [-0.39, 0.29) is 12.6 Å². The number of ether oxygens (including phenoxy) is 1. The largest absolute Gasteiger partial charge is 0.460 e. The molecule has 1 aromatic rings. The zero-order valence-corrected chi connectivity index (χ0v) is 9.97. The first-order valence-electron chi connectivity index (χ1n) is 5.90. The minimum atomic E-state index is -0.537. The van der Waals surface area contributed by atoms with Crippen LogP contribution in [0.2, 0.25) is 0 Å². The van der Waals surface area contributed by atoms with Crippen LogP contribution in [0.1, 0.15) is 24.8 Å². The molecule has 17 heavy (non-hydrogen) atoms. The van der Waals surface area contributed by atoms with E-state index < -0.39 is 6.04 Å². The lowest BCUT2D eigenvalue weighted by molar-refractivity contribution is -0.146. The monoisotopic (exact) mass is 236 g/mol. The fourth-order valence-corrected chi connectivity index (χ4v) is 1.46. The quantitative estimate of drug-likeness (QED) is 0.550. The summed E-state index contributed by atoms with van der Waals surface area (Å²) in [6, 6.07) is 9.02. The fraction of sp³-hybridized carbons (Fsp3) is 0.462. The maximum absolute atomic E-state index is 11.5. The SMILES string of the molecule is NCCCC[C@H](N)C(=O)OCc1ccccc1. The summed E-state index contributed by atoms with van der Waals surface area (Å²) in [5.74, 6) is -0.342. The highest BCUT2D eigenvalue weighted by Gasteiger charge is 2.14. The normalized spacial score (nSPS) is 12.1. The molecule has 4 N–H and O–H groups in total. The molecule has 0 aliphatic heterocycles. The molecule has 0 aliphatic rings. The van der Waals surface area contributed by atoms with Gasteiger partial charge in [-0.25, -0.2) is 0 Å². The van der Waals surface area contributed by atoms with Crippen LogP contribution >= 0.6 is 0 Å². The topological polar surface area (TPSA) is 78.3 Å². The second-order valence-corrected chi connectivity index (χ2v) is 3.98. The Balaban J connectivity index is 2.24. The summed E-state index contributed by atoms with van der Waals surface area (Å²) in [4.78, 5) is 11.5. The second kappa shape index (κ2) is 7.81. The highest BCUT2D eigenvalue weighted by atomic mass is 16.5. The molecule has 94 valence electrons. The summed E-state index contributed by atoms with van der Waals surface area (Å²) in [7, 11) is 0. The third-order valence-corrected chi connectivity index (χ3v) is 2.50. The van der Waals surface area contributed by atoms with E-state index in [0.717, 1.165) is 18.4 Å². The van der Waals surface area contributed by atoms with Crippen molar-refractivity contribution < 1.29 is 9.53 Å². The van der Waals surface area contributed by atoms with Gasteiger partial charge in [0.15, 0.2) is 0 Å². The van der Waals surface area contributed by atoms with E-state index in [0.29, 0.717) is 13.0 Å². The van der Waals surface area contributed by atoms with Crippen molar-refractivity contribution >= 4 is 5.97 Å². The Morgan fingerprint density at radius 2 is 1.94 bits per heavy atom. The van der Waals surface area contributed by atoms with E-state index in [1.807, 2.05) is 30.3 Å². The average Bonchev–Trinajstić information content (AvgIpc) is 2.37. The van der Waals surface area contributed by atoms with Gasteiger partial charge in [-0.15, -0.1) is 0 Å². The summed E-state index contributed by atoms with van der Waals surface area (Å²) < 4.78 is 5.13. The van der Waals surface area contributed by atoms with Crippen molar-refractivity contribution in [3.05, 3.63) is 35.9 Å². The first kappa shape index (κ1) is 13.7. The molecule has 0 aliphatic carbocycles. The van der Waals surface area contributed by atoms with Crippen LogP contribution in [-0.4, -0.2) is 18.6 Å². The van der Waals surface area contributed by atoms with Gasteiger partial charge in [0.25, 0.3) is 0 Å². The van der Waals surface area contributed by atoms with Crippen molar-refractivity contribution in [3.8, 4) is 0 Å². The number of benzene rings is 1. The minimum Gasteiger partial charge on any atom is -0.460 e. The van der Waals surface area contributed by atoms with Gasteiger partial charge in [0.2, 0.25) is 0 Å². The van der Waals surface area contributed by atoms with Gasteiger partial charge in [-0.2, -0.15) is 0 Å². The molecule has 0 amide bonds. The van der Waals surface area contributed by atoms with Crippen LogP contribution in [0.5, 0.6) is 0 Å². The fourth-order valence-electron chi connectivity index (χ4n) is 1.46. The molecule has 0 fully saturated rings. The molecule has 0 spiro atoms. The van der Waals surface area contributed by atoms with Crippen LogP contribution in [0, 0.1) is 0 Å². The van der Waals surface area contributed by atoms with Gasteiger partial charge >= 0.3 is 5.97 Å². The Morgan fingerprint density at radius 3 is 2.59 bits per heavy atom. The van der Waals surface area contributed by atoms with Crippen LogP contribution in [0.3, 0.4) is 0 Å². The van der Waals surface area contributed by atoms with Gasteiger partial charge in [0, 0.05) is 0 Å². The third-order valence-electron chi connectivity index (χ3n) is 2.50. The van der Waals surface area contributed by atoms with Crippen LogP contribution in [0.4, 0.5) is 0 Å². The van der Waals surface area contributed by atoms with E-state index in [4.69, 9.17) is 16.2 Å². The van der Waals surface area contributed by atoms with E-state index in [9.17, 15) is 4.79 Å². The Bertz CT molecular complexity index is 327. The molecule has 0 saturated carbocycles. The van der Waals surface area contributed by atoms with Crippen LogP contribution < -0.4 is 11.5 Å². The molecule has 0 radical (unpaired) electrons. The van der Waals surface area contributed by atoms with E-state index >= 15 is 0 Å². The number of hydrogen-bond donors (Lipinski definition) is 2. The molecule has 4 heteroatoms. The zero-order valence-electron chi connectivity index (χ0n) is 9.97. The number of nitrogens with two attached hydrogens (primary N) is 2.